The van der Waals surface area contributed by atoms with Gasteiger partial charge in [0.15, 0.2) is 21.3 Å². The van der Waals surface area contributed by atoms with E-state index in [-0.39, 0.29) is 17.1 Å². The van der Waals surface area contributed by atoms with Crippen LogP contribution in [0.5, 0.6) is 28.7 Å². The molecular weight excluding hydrogens is 564 g/mol. The first-order chi connectivity index (χ1) is 19.4. The van der Waals surface area contributed by atoms with E-state index in [2.05, 4.69) is 0 Å². The fourth-order valence-corrected chi connectivity index (χ4v) is 4.71. The van der Waals surface area contributed by atoms with Gasteiger partial charge in [-0.1, -0.05) is 6.07 Å². The summed E-state index contributed by atoms with van der Waals surface area (Å²) < 4.78 is 52.2. The Bertz CT molecular complexity index is 1580. The van der Waals surface area contributed by atoms with Crippen molar-refractivity contribution in [2.24, 2.45) is 0 Å². The number of rotatable bonds is 12. The molecule has 0 bridgehead atoms. The lowest BCUT2D eigenvalue weighted by Crippen LogP contribution is -2.11. The monoisotopic (exact) mass is 588 g/mol. The zero-order valence-corrected chi connectivity index (χ0v) is 23.0. The summed E-state index contributed by atoms with van der Waals surface area (Å²) >= 11 is 0. The van der Waals surface area contributed by atoms with Crippen molar-refractivity contribution in [2.45, 2.75) is 5.75 Å². The molecule has 0 aliphatic heterocycles. The van der Waals surface area contributed by atoms with E-state index in [1.54, 1.807) is 12.1 Å². The highest BCUT2D eigenvalue weighted by molar-refractivity contribution is 7.93. The molecular formula is C26H24N2O12S. The molecule has 0 fully saturated rings. The number of nitro groups is 2. The number of methoxy groups -OCH3 is 4. The number of benzene rings is 3. The van der Waals surface area contributed by atoms with E-state index < -0.39 is 48.3 Å². The lowest BCUT2D eigenvalue weighted by molar-refractivity contribution is -0.394. The van der Waals surface area contributed by atoms with Crippen LogP contribution in [-0.2, 0) is 15.6 Å². The maximum atomic E-state index is 12.9. The third-order valence-electron chi connectivity index (χ3n) is 5.55. The van der Waals surface area contributed by atoms with Crippen molar-refractivity contribution < 1.29 is 46.7 Å². The van der Waals surface area contributed by atoms with E-state index >= 15 is 0 Å². The molecule has 0 aliphatic rings. The van der Waals surface area contributed by atoms with Gasteiger partial charge in [-0.2, -0.15) is 0 Å². The van der Waals surface area contributed by atoms with Crippen molar-refractivity contribution in [3.05, 3.63) is 90.9 Å². The van der Waals surface area contributed by atoms with Crippen LogP contribution in [0.3, 0.4) is 0 Å². The molecule has 3 aromatic carbocycles. The first-order valence-electron chi connectivity index (χ1n) is 11.4. The smallest absolute Gasteiger partial charge is 0.344 e. The number of ether oxygens (including phenoxy) is 5. The predicted octanol–water partition coefficient (Wildman–Crippen LogP) is 4.34. The Morgan fingerprint density at radius 1 is 0.780 bits per heavy atom. The molecule has 0 spiro atoms. The van der Waals surface area contributed by atoms with Crippen LogP contribution in [0, 0.1) is 20.2 Å². The third kappa shape index (κ3) is 7.48. The van der Waals surface area contributed by atoms with Crippen LogP contribution >= 0.6 is 0 Å². The number of hydrogen-bond acceptors (Lipinski definition) is 12. The van der Waals surface area contributed by atoms with Crippen molar-refractivity contribution in [1.29, 1.82) is 0 Å². The topological polar surface area (TPSA) is 184 Å². The second kappa shape index (κ2) is 12.8. The Balaban J connectivity index is 1.90. The fraction of sp³-hybridized carbons (Fsp3) is 0.192. The molecule has 15 heteroatoms. The van der Waals surface area contributed by atoms with Crippen LogP contribution in [0.15, 0.2) is 53.9 Å². The summed E-state index contributed by atoms with van der Waals surface area (Å²) in [7, 11) is 1.66. The van der Waals surface area contributed by atoms with Crippen LogP contribution in [0.1, 0.15) is 21.5 Å². The number of esters is 1. The van der Waals surface area contributed by atoms with Gasteiger partial charge in [0, 0.05) is 29.7 Å². The second-order valence-corrected chi connectivity index (χ2v) is 10.1. The van der Waals surface area contributed by atoms with Crippen LogP contribution in [0.2, 0.25) is 0 Å². The molecule has 3 rings (SSSR count). The Morgan fingerprint density at radius 3 is 1.83 bits per heavy atom. The third-order valence-corrected chi connectivity index (χ3v) is 6.84. The zero-order chi connectivity index (χ0) is 30.3. The quantitative estimate of drug-likeness (QED) is 0.126. The van der Waals surface area contributed by atoms with Gasteiger partial charge >= 0.3 is 5.97 Å². The van der Waals surface area contributed by atoms with Crippen LogP contribution in [0.25, 0.3) is 6.08 Å². The van der Waals surface area contributed by atoms with E-state index in [1.807, 2.05) is 0 Å². The van der Waals surface area contributed by atoms with Gasteiger partial charge in [-0.15, -0.1) is 0 Å². The number of carbonyl (C=O) groups is 1. The minimum atomic E-state index is -3.90. The first kappa shape index (κ1) is 30.4. The van der Waals surface area contributed by atoms with Crippen molar-refractivity contribution in [1.82, 2.24) is 0 Å². The molecule has 0 radical (unpaired) electrons. The number of hydrogen-bond donors (Lipinski definition) is 0. The van der Waals surface area contributed by atoms with Gasteiger partial charge in [0.05, 0.1) is 61.2 Å². The molecule has 0 heterocycles. The highest BCUT2D eigenvalue weighted by atomic mass is 32.2. The lowest BCUT2D eigenvalue weighted by Gasteiger charge is -2.13. The molecule has 0 aromatic heterocycles. The molecule has 0 N–H and O–H groups in total. The van der Waals surface area contributed by atoms with Gasteiger partial charge in [-0.3, -0.25) is 20.2 Å². The van der Waals surface area contributed by atoms with E-state index in [0.717, 1.165) is 17.5 Å². The van der Waals surface area contributed by atoms with Gasteiger partial charge in [0.2, 0.25) is 0 Å². The van der Waals surface area contributed by atoms with Crippen molar-refractivity contribution >= 4 is 33.3 Å². The summed E-state index contributed by atoms with van der Waals surface area (Å²) in [5.74, 6) is -0.765. The predicted molar refractivity (Wildman–Crippen MR) is 145 cm³/mol. The summed E-state index contributed by atoms with van der Waals surface area (Å²) in [5.41, 5.74) is -1.27. The van der Waals surface area contributed by atoms with Crippen LogP contribution < -0.4 is 23.7 Å². The minimum Gasteiger partial charge on any atom is -0.496 e. The van der Waals surface area contributed by atoms with E-state index in [4.69, 9.17) is 23.7 Å². The normalized spacial score (nSPS) is 11.1. The van der Waals surface area contributed by atoms with Crippen LogP contribution in [0.4, 0.5) is 11.4 Å². The molecule has 0 saturated heterocycles. The summed E-state index contributed by atoms with van der Waals surface area (Å²) in [5, 5.41) is 23.3. The first-order valence-corrected chi connectivity index (χ1v) is 13.2. The number of nitro benzene ring substituents is 2. The Morgan fingerprint density at radius 2 is 1.34 bits per heavy atom. The average Bonchev–Trinajstić information content (AvgIpc) is 2.95. The van der Waals surface area contributed by atoms with Gasteiger partial charge in [0.25, 0.3) is 11.4 Å². The molecule has 0 amide bonds. The van der Waals surface area contributed by atoms with E-state index in [1.165, 1.54) is 52.7 Å². The minimum absolute atomic E-state index is 0.0441. The lowest BCUT2D eigenvalue weighted by atomic mass is 10.1. The average molecular weight is 589 g/mol. The SMILES string of the molecule is COc1cc(OC)c(/C=C/S(=O)(=O)Cc2ccc(OC)c(OC(=O)c3cc([N+](=O)[O-])cc([N+](=O)[O-])c3)c2)c(OC)c1. The number of sulfone groups is 1. The van der Waals surface area contributed by atoms with Crippen molar-refractivity contribution in [3.8, 4) is 28.7 Å². The Kier molecular flexibility index (Phi) is 9.47. The fourth-order valence-electron chi connectivity index (χ4n) is 3.62. The molecule has 14 nitrogen and oxygen atoms in total. The van der Waals surface area contributed by atoms with Gasteiger partial charge in [0.1, 0.15) is 17.2 Å². The largest absolute Gasteiger partial charge is 0.496 e. The second-order valence-electron chi connectivity index (χ2n) is 8.18. The maximum Gasteiger partial charge on any atom is 0.344 e. The summed E-state index contributed by atoms with van der Waals surface area (Å²) in [6, 6.07) is 9.52. The standard InChI is InChI=1S/C26H24N2O12S/c1-36-20-13-23(38-3)21(24(14-20)39-4)7-8-41(34,35)15-16-5-6-22(37-2)25(9-16)40-26(29)17-10-18(27(30)31)12-19(11-17)28(32)33/h5-14H,15H2,1-4H3/b8-7+. The van der Waals surface area contributed by atoms with Crippen LogP contribution in [-0.4, -0.2) is 52.7 Å². The molecule has 0 atom stereocenters. The number of nitrogens with zero attached hydrogens (tertiary/aromatic N) is 2. The van der Waals surface area contributed by atoms with Crippen molar-refractivity contribution in [2.75, 3.05) is 28.4 Å². The van der Waals surface area contributed by atoms with Gasteiger partial charge in [-0.05, 0) is 23.8 Å². The van der Waals surface area contributed by atoms with Gasteiger partial charge in [-0.25, -0.2) is 13.2 Å². The molecule has 0 aliphatic carbocycles. The van der Waals surface area contributed by atoms with Gasteiger partial charge < -0.3 is 23.7 Å². The summed E-state index contributed by atoms with van der Waals surface area (Å²) in [6.45, 7) is 0. The highest BCUT2D eigenvalue weighted by Gasteiger charge is 2.23. The summed E-state index contributed by atoms with van der Waals surface area (Å²) in [6.07, 6.45) is 1.31. The highest BCUT2D eigenvalue weighted by Crippen LogP contribution is 2.36. The maximum absolute atomic E-state index is 12.9. The molecule has 216 valence electrons. The molecule has 41 heavy (non-hydrogen) atoms. The van der Waals surface area contributed by atoms with E-state index in [0.29, 0.717) is 28.9 Å². The molecule has 0 saturated carbocycles. The van der Waals surface area contributed by atoms with Crippen molar-refractivity contribution in [3.63, 3.8) is 0 Å². The molecule has 3 aromatic rings. The Hall–Kier alpha value is -5.18. The Labute approximate surface area is 233 Å². The zero-order valence-electron chi connectivity index (χ0n) is 22.2. The molecule has 0 unspecified atom stereocenters. The number of non-ortho nitro benzene ring substituents is 2. The number of carbonyl (C=O) groups excluding carboxylic acids is 1. The van der Waals surface area contributed by atoms with E-state index in [9.17, 15) is 33.4 Å². The summed E-state index contributed by atoms with van der Waals surface area (Å²) in [4.78, 5) is 33.3.